The lowest BCUT2D eigenvalue weighted by Crippen LogP contribution is -2.28. The van der Waals surface area contributed by atoms with Crippen LogP contribution in [-0.2, 0) is 19.1 Å². The summed E-state index contributed by atoms with van der Waals surface area (Å²) < 4.78 is 10.8. The number of esters is 2. The SMILES string of the molecule is CCCCCCCCCCCCCCCCCCCCCCCCCCCCCCCCCCCCC(=O)OC(CO)COC(=O)CCCCCCCCCCCCCCCCCCCCCCCCCCCCCCCC. The number of rotatable bonds is 70. The van der Waals surface area contributed by atoms with Crippen LogP contribution in [0.5, 0.6) is 0 Å². The maximum Gasteiger partial charge on any atom is 0.306 e. The largest absolute Gasteiger partial charge is 0.462 e. The first kappa shape index (κ1) is 76.9. The third kappa shape index (κ3) is 67.4. The summed E-state index contributed by atoms with van der Waals surface area (Å²) in [5.41, 5.74) is 0. The van der Waals surface area contributed by atoms with Gasteiger partial charge in [0.25, 0.3) is 0 Å². The van der Waals surface area contributed by atoms with E-state index in [0.29, 0.717) is 12.8 Å². The Bertz CT molecular complexity index is 1110. The Morgan fingerprint density at radius 3 is 0.564 bits per heavy atom. The first-order valence-electron chi connectivity index (χ1n) is 36.6. The summed E-state index contributed by atoms with van der Waals surface area (Å²) in [6, 6.07) is 0. The van der Waals surface area contributed by atoms with Gasteiger partial charge in [0.05, 0.1) is 6.61 Å². The van der Waals surface area contributed by atoms with Crippen LogP contribution in [0.25, 0.3) is 0 Å². The molecular weight excluding hydrogens is 957 g/mol. The van der Waals surface area contributed by atoms with Crippen LogP contribution in [0.2, 0.25) is 0 Å². The zero-order valence-electron chi connectivity index (χ0n) is 53.7. The Balaban J connectivity index is 3.34. The molecular formula is C73H144O5. The number of aliphatic hydroxyl groups excluding tert-OH is 1. The van der Waals surface area contributed by atoms with Crippen LogP contribution in [0, 0.1) is 0 Å². The fraction of sp³-hybridized carbons (Fsp3) is 0.973. The van der Waals surface area contributed by atoms with Gasteiger partial charge in [-0.3, -0.25) is 9.59 Å². The monoisotopic (exact) mass is 1100 g/mol. The van der Waals surface area contributed by atoms with Crippen LogP contribution in [-0.4, -0.2) is 36.4 Å². The number of aliphatic hydroxyl groups is 1. The summed E-state index contributed by atoms with van der Waals surface area (Å²) in [5.74, 6) is -0.557. The van der Waals surface area contributed by atoms with Crippen molar-refractivity contribution in [2.75, 3.05) is 13.2 Å². The number of unbranched alkanes of at least 4 members (excludes halogenated alkanes) is 62. The van der Waals surface area contributed by atoms with E-state index in [1.807, 2.05) is 0 Å². The highest BCUT2D eigenvalue weighted by molar-refractivity contribution is 5.70. The molecule has 0 aliphatic heterocycles. The van der Waals surface area contributed by atoms with Gasteiger partial charge in [0, 0.05) is 12.8 Å². The second kappa shape index (κ2) is 70.2. The van der Waals surface area contributed by atoms with Gasteiger partial charge in [0.15, 0.2) is 6.10 Å². The Morgan fingerprint density at radius 2 is 0.397 bits per heavy atom. The molecule has 0 aromatic carbocycles. The van der Waals surface area contributed by atoms with Crippen molar-refractivity contribution >= 4 is 11.9 Å². The van der Waals surface area contributed by atoms with Crippen molar-refractivity contribution in [3.63, 3.8) is 0 Å². The summed E-state index contributed by atoms with van der Waals surface area (Å²) >= 11 is 0. The highest BCUT2D eigenvalue weighted by atomic mass is 16.6. The second-order valence-electron chi connectivity index (χ2n) is 25.4. The minimum absolute atomic E-state index is 0.0552. The van der Waals surface area contributed by atoms with E-state index in [1.165, 1.54) is 379 Å². The Kier molecular flexibility index (Phi) is 69.2. The Morgan fingerprint density at radius 1 is 0.244 bits per heavy atom. The molecule has 0 fully saturated rings. The van der Waals surface area contributed by atoms with Gasteiger partial charge < -0.3 is 14.6 Å². The molecule has 0 saturated heterocycles. The van der Waals surface area contributed by atoms with Gasteiger partial charge >= 0.3 is 11.9 Å². The molecule has 0 radical (unpaired) electrons. The molecule has 1 unspecified atom stereocenters. The molecule has 0 rings (SSSR count). The fourth-order valence-corrected chi connectivity index (χ4v) is 11.9. The van der Waals surface area contributed by atoms with Crippen molar-refractivity contribution < 1.29 is 24.2 Å². The zero-order valence-corrected chi connectivity index (χ0v) is 53.7. The van der Waals surface area contributed by atoms with Gasteiger partial charge in [-0.05, 0) is 12.8 Å². The van der Waals surface area contributed by atoms with Crippen LogP contribution < -0.4 is 0 Å². The normalized spacial score (nSPS) is 12.0. The first-order valence-corrected chi connectivity index (χ1v) is 36.6. The lowest BCUT2D eigenvalue weighted by Gasteiger charge is -2.15. The topological polar surface area (TPSA) is 72.8 Å². The summed E-state index contributed by atoms with van der Waals surface area (Å²) in [6.45, 7) is 4.23. The summed E-state index contributed by atoms with van der Waals surface area (Å²) in [6.07, 6.45) is 88.8. The average molecular weight is 1100 g/mol. The first-order chi connectivity index (χ1) is 38.6. The van der Waals surface area contributed by atoms with E-state index >= 15 is 0 Å². The van der Waals surface area contributed by atoms with Gasteiger partial charge in [-0.25, -0.2) is 0 Å². The lowest BCUT2D eigenvalue weighted by molar-refractivity contribution is -0.161. The van der Waals surface area contributed by atoms with E-state index in [4.69, 9.17) is 9.47 Å². The molecule has 0 spiro atoms. The minimum atomic E-state index is -0.766. The third-order valence-electron chi connectivity index (χ3n) is 17.4. The number of carbonyl (C=O) groups is 2. The predicted octanol–water partition coefficient (Wildman–Crippen LogP) is 25.2. The van der Waals surface area contributed by atoms with E-state index in [-0.39, 0.29) is 25.2 Å². The molecule has 466 valence electrons. The smallest absolute Gasteiger partial charge is 0.306 e. The molecule has 0 aliphatic rings. The van der Waals surface area contributed by atoms with Crippen molar-refractivity contribution in [3.8, 4) is 0 Å². The fourth-order valence-electron chi connectivity index (χ4n) is 11.9. The van der Waals surface area contributed by atoms with Crippen molar-refractivity contribution in [2.24, 2.45) is 0 Å². The lowest BCUT2D eigenvalue weighted by atomic mass is 10.0. The molecule has 5 nitrogen and oxygen atoms in total. The Labute approximate surface area is 490 Å². The standard InChI is InChI=1S/C73H144O5/c1-3-5-7-9-11-13-15-17-19-21-23-25-27-29-31-33-35-36-37-38-40-42-44-46-48-50-52-54-56-58-60-62-64-66-68-73(76)78-71(69-74)70-77-72(75)67-65-63-61-59-57-55-53-51-49-47-45-43-41-39-34-32-30-28-26-24-22-20-18-16-14-12-10-8-6-4-2/h71,74H,3-70H2,1-2H3. The highest BCUT2D eigenvalue weighted by Gasteiger charge is 2.16. The molecule has 1 N–H and O–H groups in total. The molecule has 0 bridgehead atoms. The van der Waals surface area contributed by atoms with Gasteiger partial charge in [-0.15, -0.1) is 0 Å². The highest BCUT2D eigenvalue weighted by Crippen LogP contribution is 2.20. The molecule has 0 aromatic heterocycles. The zero-order chi connectivity index (χ0) is 56.2. The quantitative estimate of drug-likeness (QED) is 0.0485. The molecule has 0 saturated carbocycles. The van der Waals surface area contributed by atoms with E-state index in [1.54, 1.807) is 0 Å². The molecule has 0 heterocycles. The maximum absolute atomic E-state index is 12.4. The minimum Gasteiger partial charge on any atom is -0.462 e. The van der Waals surface area contributed by atoms with E-state index in [0.717, 1.165) is 32.1 Å². The van der Waals surface area contributed by atoms with Crippen molar-refractivity contribution in [3.05, 3.63) is 0 Å². The molecule has 1 atom stereocenters. The second-order valence-corrected chi connectivity index (χ2v) is 25.4. The van der Waals surface area contributed by atoms with Crippen LogP contribution in [0.15, 0.2) is 0 Å². The van der Waals surface area contributed by atoms with Crippen LogP contribution >= 0.6 is 0 Å². The van der Waals surface area contributed by atoms with Crippen molar-refractivity contribution in [2.45, 2.75) is 444 Å². The number of carbonyl (C=O) groups excluding carboxylic acids is 2. The summed E-state index contributed by atoms with van der Waals surface area (Å²) in [4.78, 5) is 24.7. The van der Waals surface area contributed by atoms with Gasteiger partial charge in [0.1, 0.15) is 6.61 Å². The molecule has 0 aromatic rings. The van der Waals surface area contributed by atoms with E-state index < -0.39 is 6.10 Å². The maximum atomic E-state index is 12.4. The van der Waals surface area contributed by atoms with E-state index in [9.17, 15) is 14.7 Å². The van der Waals surface area contributed by atoms with Gasteiger partial charge in [0.2, 0.25) is 0 Å². The molecule has 5 heteroatoms. The van der Waals surface area contributed by atoms with Crippen LogP contribution in [0.4, 0.5) is 0 Å². The summed E-state index contributed by atoms with van der Waals surface area (Å²) in [5, 5.41) is 9.71. The van der Waals surface area contributed by atoms with Gasteiger partial charge in [-0.2, -0.15) is 0 Å². The van der Waals surface area contributed by atoms with Crippen LogP contribution in [0.3, 0.4) is 0 Å². The van der Waals surface area contributed by atoms with Crippen molar-refractivity contribution in [1.82, 2.24) is 0 Å². The number of hydrogen-bond acceptors (Lipinski definition) is 5. The predicted molar refractivity (Wildman–Crippen MR) is 344 cm³/mol. The Hall–Kier alpha value is -1.10. The number of ether oxygens (including phenoxy) is 2. The molecule has 78 heavy (non-hydrogen) atoms. The van der Waals surface area contributed by atoms with Gasteiger partial charge in [-0.1, -0.05) is 412 Å². The number of hydrogen-bond donors (Lipinski definition) is 1. The molecule has 0 aliphatic carbocycles. The van der Waals surface area contributed by atoms with E-state index in [2.05, 4.69) is 13.8 Å². The third-order valence-corrected chi connectivity index (χ3v) is 17.4. The molecule has 0 amide bonds. The van der Waals surface area contributed by atoms with Crippen molar-refractivity contribution in [1.29, 1.82) is 0 Å². The summed E-state index contributed by atoms with van der Waals surface area (Å²) in [7, 11) is 0. The van der Waals surface area contributed by atoms with Crippen LogP contribution in [0.1, 0.15) is 438 Å². The average Bonchev–Trinajstić information content (AvgIpc) is 3.44.